The van der Waals surface area contributed by atoms with Gasteiger partial charge in [0.1, 0.15) is 5.69 Å². The predicted molar refractivity (Wildman–Crippen MR) is 50.3 cm³/mol. The van der Waals surface area contributed by atoms with Gasteiger partial charge in [-0.3, -0.25) is 0 Å². The van der Waals surface area contributed by atoms with Gasteiger partial charge in [0.15, 0.2) is 12.0 Å². The molecule has 0 saturated heterocycles. The van der Waals surface area contributed by atoms with Crippen LogP contribution in [0.2, 0.25) is 0 Å². The normalized spacial score (nSPS) is 10.1. The van der Waals surface area contributed by atoms with E-state index in [2.05, 4.69) is 15.1 Å². The third-order valence-electron chi connectivity index (χ3n) is 1.80. The molecule has 2 aromatic heterocycles. The average Bonchev–Trinajstić information content (AvgIpc) is 2.19. The Morgan fingerprint density at radius 1 is 1.21 bits per heavy atom. The first-order chi connectivity index (χ1) is 6.84. The summed E-state index contributed by atoms with van der Waals surface area (Å²) in [6.07, 6.45) is 5.38. The van der Waals surface area contributed by atoms with Gasteiger partial charge in [0.25, 0.3) is 0 Å². The van der Waals surface area contributed by atoms with Gasteiger partial charge < -0.3 is 0 Å². The fourth-order valence-electron chi connectivity index (χ4n) is 1.20. The quantitative estimate of drug-likeness (QED) is 0.643. The van der Waals surface area contributed by atoms with Gasteiger partial charge in [-0.25, -0.2) is 9.97 Å². The number of aryl methyl sites for hydroxylation is 1. The second-order valence-electron chi connectivity index (χ2n) is 3.01. The highest BCUT2D eigenvalue weighted by molar-refractivity contribution is 4.93. The van der Waals surface area contributed by atoms with Crippen molar-refractivity contribution in [3.63, 3.8) is 0 Å². The molecule has 2 heterocycles. The van der Waals surface area contributed by atoms with E-state index in [9.17, 15) is 0 Å². The highest BCUT2D eigenvalue weighted by atomic mass is 15.3. The lowest BCUT2D eigenvalue weighted by atomic mass is 10.4. The van der Waals surface area contributed by atoms with Crippen LogP contribution in [-0.2, 0) is 6.54 Å². The Labute approximate surface area is 82.3 Å². The summed E-state index contributed by atoms with van der Waals surface area (Å²) in [7, 11) is 0. The van der Waals surface area contributed by atoms with Gasteiger partial charge >= 0.3 is 0 Å². The molecule has 2 rings (SSSR count). The van der Waals surface area contributed by atoms with E-state index in [1.54, 1.807) is 18.5 Å². The van der Waals surface area contributed by atoms with Crippen molar-refractivity contribution in [2.75, 3.05) is 0 Å². The van der Waals surface area contributed by atoms with Crippen LogP contribution in [0.15, 0.2) is 36.8 Å². The van der Waals surface area contributed by atoms with Crippen molar-refractivity contribution in [2.45, 2.75) is 13.5 Å². The summed E-state index contributed by atoms with van der Waals surface area (Å²) in [4.78, 5) is 8.26. The van der Waals surface area contributed by atoms with Crippen molar-refractivity contribution in [3.8, 4) is 0 Å². The lowest BCUT2D eigenvalue weighted by Crippen LogP contribution is -2.39. The van der Waals surface area contributed by atoms with E-state index < -0.39 is 0 Å². The Morgan fingerprint density at radius 3 is 2.71 bits per heavy atom. The van der Waals surface area contributed by atoms with E-state index in [0.29, 0.717) is 6.54 Å². The minimum Gasteiger partial charge on any atom is -0.235 e. The summed E-state index contributed by atoms with van der Waals surface area (Å²) in [5.41, 5.74) is 0.989. The van der Waals surface area contributed by atoms with Gasteiger partial charge in [0.05, 0.1) is 0 Å². The Hall–Kier alpha value is -1.84. The molecular formula is C10H11N4+. The van der Waals surface area contributed by atoms with Crippen LogP contribution in [0.5, 0.6) is 0 Å². The molecule has 0 saturated carbocycles. The van der Waals surface area contributed by atoms with Crippen molar-refractivity contribution in [1.82, 2.24) is 15.1 Å². The smallest absolute Gasteiger partial charge is 0.233 e. The molecule has 0 amide bonds. The zero-order chi connectivity index (χ0) is 9.80. The van der Waals surface area contributed by atoms with Gasteiger partial charge in [-0.15, -0.1) is 0 Å². The molecule has 0 radical (unpaired) electrons. The first kappa shape index (κ1) is 8.74. The van der Waals surface area contributed by atoms with E-state index in [-0.39, 0.29) is 0 Å². The molecule has 0 aliphatic carbocycles. The maximum atomic E-state index is 4.31. The third kappa shape index (κ3) is 2.10. The third-order valence-corrected chi connectivity index (χ3v) is 1.80. The molecule has 0 spiro atoms. The van der Waals surface area contributed by atoms with Crippen LogP contribution in [0.1, 0.15) is 11.5 Å². The summed E-state index contributed by atoms with van der Waals surface area (Å²) >= 11 is 0. The Kier molecular flexibility index (Phi) is 2.44. The van der Waals surface area contributed by atoms with Crippen molar-refractivity contribution < 1.29 is 4.68 Å². The van der Waals surface area contributed by atoms with Gasteiger partial charge in [-0.05, 0) is 24.2 Å². The van der Waals surface area contributed by atoms with Crippen LogP contribution < -0.4 is 4.68 Å². The molecule has 0 fully saturated rings. The maximum absolute atomic E-state index is 4.31. The summed E-state index contributed by atoms with van der Waals surface area (Å²) in [6.45, 7) is 2.57. The van der Waals surface area contributed by atoms with Gasteiger partial charge in [0, 0.05) is 18.5 Å². The number of hydrogen-bond donors (Lipinski definition) is 0. The van der Waals surface area contributed by atoms with E-state index >= 15 is 0 Å². The van der Waals surface area contributed by atoms with Gasteiger partial charge in [-0.2, -0.15) is 0 Å². The van der Waals surface area contributed by atoms with Crippen LogP contribution in [0.4, 0.5) is 0 Å². The maximum Gasteiger partial charge on any atom is 0.233 e. The largest absolute Gasteiger partial charge is 0.235 e. The molecule has 70 valence electrons. The van der Waals surface area contributed by atoms with E-state index in [4.69, 9.17) is 0 Å². The summed E-state index contributed by atoms with van der Waals surface area (Å²) in [5, 5.41) is 4.31. The standard InChI is InChI=1S/C10H11N4/c1-9-4-2-7-14(13-9)8-10-11-5-3-6-12-10/h2-7H,8H2,1H3/q+1. The molecule has 0 aromatic carbocycles. The van der Waals surface area contributed by atoms with Crippen molar-refractivity contribution in [2.24, 2.45) is 0 Å². The van der Waals surface area contributed by atoms with Crippen LogP contribution in [0, 0.1) is 6.92 Å². The molecule has 4 nitrogen and oxygen atoms in total. The van der Waals surface area contributed by atoms with E-state index in [1.165, 1.54) is 0 Å². The topological polar surface area (TPSA) is 42.5 Å². The average molecular weight is 187 g/mol. The molecule has 0 atom stereocenters. The number of hydrogen-bond acceptors (Lipinski definition) is 3. The molecule has 0 aliphatic rings. The van der Waals surface area contributed by atoms with Crippen LogP contribution in [0.25, 0.3) is 0 Å². The summed E-state index contributed by atoms with van der Waals surface area (Å²) in [6, 6.07) is 5.73. The highest BCUT2D eigenvalue weighted by Crippen LogP contribution is 1.88. The number of nitrogens with zero attached hydrogens (tertiary/aromatic N) is 4. The molecule has 0 unspecified atom stereocenters. The van der Waals surface area contributed by atoms with Crippen molar-refractivity contribution >= 4 is 0 Å². The highest BCUT2D eigenvalue weighted by Gasteiger charge is 2.05. The lowest BCUT2D eigenvalue weighted by Gasteiger charge is -1.93. The zero-order valence-electron chi connectivity index (χ0n) is 7.96. The molecular weight excluding hydrogens is 176 g/mol. The first-order valence-electron chi connectivity index (χ1n) is 4.44. The molecule has 0 N–H and O–H groups in total. The van der Waals surface area contributed by atoms with E-state index in [1.807, 2.05) is 29.9 Å². The predicted octanol–water partition coefficient (Wildman–Crippen LogP) is 0.516. The second-order valence-corrected chi connectivity index (χ2v) is 3.01. The first-order valence-corrected chi connectivity index (χ1v) is 4.44. The fraction of sp³-hybridized carbons (Fsp3) is 0.200. The Bertz CT molecular complexity index is 413. The second kappa shape index (κ2) is 3.91. The van der Waals surface area contributed by atoms with Crippen molar-refractivity contribution in [3.05, 3.63) is 48.3 Å². The minimum absolute atomic E-state index is 0.614. The monoisotopic (exact) mass is 187 g/mol. The molecule has 14 heavy (non-hydrogen) atoms. The van der Waals surface area contributed by atoms with Crippen LogP contribution in [0.3, 0.4) is 0 Å². The van der Waals surface area contributed by atoms with Gasteiger partial charge in [-0.1, -0.05) is 4.68 Å². The van der Waals surface area contributed by atoms with Crippen molar-refractivity contribution in [1.29, 1.82) is 0 Å². The number of rotatable bonds is 2. The van der Waals surface area contributed by atoms with Crippen LogP contribution >= 0.6 is 0 Å². The zero-order valence-corrected chi connectivity index (χ0v) is 7.96. The Morgan fingerprint density at radius 2 is 2.00 bits per heavy atom. The number of aromatic nitrogens is 4. The lowest BCUT2D eigenvalue weighted by molar-refractivity contribution is -0.747. The fourth-order valence-corrected chi connectivity index (χ4v) is 1.20. The summed E-state index contributed by atoms with van der Waals surface area (Å²) in [5.74, 6) is 0.774. The summed E-state index contributed by atoms with van der Waals surface area (Å²) < 4.78 is 1.82. The van der Waals surface area contributed by atoms with Crippen LogP contribution in [-0.4, -0.2) is 15.1 Å². The molecule has 0 bridgehead atoms. The molecule has 4 heteroatoms. The molecule has 2 aromatic rings. The molecule has 0 aliphatic heterocycles. The van der Waals surface area contributed by atoms with Gasteiger partial charge in [0.2, 0.25) is 6.54 Å². The van der Waals surface area contributed by atoms with E-state index in [0.717, 1.165) is 11.5 Å². The SMILES string of the molecule is Cc1ccc[n+](Cc2ncccn2)n1. The Balaban J connectivity index is 2.19. The minimum atomic E-state index is 0.614.